The number of hydrogen-bond acceptors (Lipinski definition) is 7. The van der Waals surface area contributed by atoms with Crippen LogP contribution in [0.15, 0.2) is 41.8 Å². The molecule has 3 aromatic rings. The topological polar surface area (TPSA) is 123 Å². The van der Waals surface area contributed by atoms with Crippen LogP contribution in [-0.4, -0.2) is 63.0 Å². The summed E-state index contributed by atoms with van der Waals surface area (Å²) in [6.45, 7) is 0.404. The molecule has 3 heterocycles. The van der Waals surface area contributed by atoms with Crippen molar-refractivity contribution in [1.29, 1.82) is 0 Å². The zero-order chi connectivity index (χ0) is 19.7. The fraction of sp³-hybridized carbons (Fsp3) is 0.312. The van der Waals surface area contributed by atoms with Gasteiger partial charge in [-0.1, -0.05) is 23.7 Å². The Hall–Kier alpha value is -2.63. The number of fused-ring (bicyclic) bond motifs is 1. The first kappa shape index (κ1) is 18.7. The van der Waals surface area contributed by atoms with Crippen molar-refractivity contribution in [3.8, 4) is 0 Å². The number of tetrazole rings is 1. The number of benzene rings is 1. The molecule has 0 aliphatic carbocycles. The van der Waals surface area contributed by atoms with Gasteiger partial charge < -0.3 is 5.32 Å². The summed E-state index contributed by atoms with van der Waals surface area (Å²) in [4.78, 5) is 17.4. The largest absolute Gasteiger partial charge is 0.350 e. The number of pyridine rings is 1. The molecule has 0 unspecified atom stereocenters. The summed E-state index contributed by atoms with van der Waals surface area (Å²) in [6.07, 6.45) is 4.75. The Kier molecular flexibility index (Phi) is 4.96. The highest BCUT2D eigenvalue weighted by atomic mass is 35.5. The Balaban J connectivity index is 1.51. The van der Waals surface area contributed by atoms with E-state index in [1.165, 1.54) is 22.9 Å². The van der Waals surface area contributed by atoms with E-state index < -0.39 is 10.0 Å². The summed E-state index contributed by atoms with van der Waals surface area (Å²) in [5.74, 6) is -0.304. The molecular weight excluding hydrogens is 406 g/mol. The SMILES string of the molecule is O=C(Cn1ncnn1)N[C@H]1CCN(S(=O)(=O)c2cccc3cncc(Cl)c23)C1. The Morgan fingerprint density at radius 1 is 1.32 bits per heavy atom. The Labute approximate surface area is 165 Å². The average molecular weight is 422 g/mol. The first-order valence-electron chi connectivity index (χ1n) is 8.47. The second kappa shape index (κ2) is 7.41. The van der Waals surface area contributed by atoms with Crippen molar-refractivity contribution < 1.29 is 13.2 Å². The van der Waals surface area contributed by atoms with Gasteiger partial charge in [-0.2, -0.15) is 9.10 Å². The summed E-state index contributed by atoms with van der Waals surface area (Å²) in [5.41, 5.74) is 0. The number of carbonyl (C=O) groups is 1. The van der Waals surface area contributed by atoms with E-state index in [1.54, 1.807) is 18.3 Å². The van der Waals surface area contributed by atoms with Gasteiger partial charge in [0, 0.05) is 42.3 Å². The maximum Gasteiger partial charge on any atom is 0.243 e. The Bertz CT molecular complexity index is 1120. The Morgan fingerprint density at radius 3 is 2.96 bits per heavy atom. The van der Waals surface area contributed by atoms with Gasteiger partial charge in [0.05, 0.1) is 9.92 Å². The highest BCUT2D eigenvalue weighted by Crippen LogP contribution is 2.32. The second-order valence-electron chi connectivity index (χ2n) is 6.36. The van der Waals surface area contributed by atoms with E-state index in [0.717, 1.165) is 4.80 Å². The normalized spacial score (nSPS) is 17.8. The van der Waals surface area contributed by atoms with Gasteiger partial charge in [0.15, 0.2) is 6.33 Å². The molecule has 1 amide bonds. The van der Waals surface area contributed by atoms with Crippen LogP contribution < -0.4 is 5.32 Å². The molecule has 146 valence electrons. The van der Waals surface area contributed by atoms with Crippen LogP contribution in [0.25, 0.3) is 10.8 Å². The van der Waals surface area contributed by atoms with Gasteiger partial charge in [0.25, 0.3) is 0 Å². The summed E-state index contributed by atoms with van der Waals surface area (Å²) in [6, 6.07) is 4.66. The van der Waals surface area contributed by atoms with Gasteiger partial charge in [-0.15, -0.1) is 10.2 Å². The van der Waals surface area contributed by atoms with Gasteiger partial charge in [0.1, 0.15) is 6.54 Å². The molecule has 0 bridgehead atoms. The zero-order valence-corrected chi connectivity index (χ0v) is 16.1. The van der Waals surface area contributed by atoms with Crippen LogP contribution in [0.3, 0.4) is 0 Å². The number of nitrogens with zero attached hydrogens (tertiary/aromatic N) is 6. The van der Waals surface area contributed by atoms with E-state index in [9.17, 15) is 13.2 Å². The lowest BCUT2D eigenvalue weighted by Crippen LogP contribution is -2.40. The molecule has 1 aliphatic heterocycles. The third-order valence-electron chi connectivity index (χ3n) is 4.51. The minimum absolute atomic E-state index is 0.0742. The predicted molar refractivity (Wildman–Crippen MR) is 99.9 cm³/mol. The second-order valence-corrected chi connectivity index (χ2v) is 8.67. The van der Waals surface area contributed by atoms with Crippen LogP contribution in [0.5, 0.6) is 0 Å². The maximum atomic E-state index is 13.2. The molecular formula is C16H16ClN7O3S. The molecule has 0 spiro atoms. The number of rotatable bonds is 5. The number of sulfonamides is 1. The Morgan fingerprint density at radius 2 is 2.18 bits per heavy atom. The van der Waals surface area contributed by atoms with Crippen molar-refractivity contribution in [2.45, 2.75) is 23.9 Å². The highest BCUT2D eigenvalue weighted by Gasteiger charge is 2.34. The third-order valence-corrected chi connectivity index (χ3v) is 6.70. The lowest BCUT2D eigenvalue weighted by Gasteiger charge is -2.18. The number of halogens is 1. The summed E-state index contributed by atoms with van der Waals surface area (Å²) >= 11 is 6.22. The van der Waals surface area contributed by atoms with Gasteiger partial charge >= 0.3 is 0 Å². The first-order chi connectivity index (χ1) is 13.4. The highest BCUT2D eigenvalue weighted by molar-refractivity contribution is 7.89. The fourth-order valence-corrected chi connectivity index (χ4v) is 5.30. The van der Waals surface area contributed by atoms with Crippen molar-refractivity contribution in [3.05, 3.63) is 41.9 Å². The standard InChI is InChI=1S/C16H16ClN7O3S/c17-13-7-18-6-11-2-1-3-14(16(11)13)28(26,27)23-5-4-12(8-23)21-15(25)9-24-20-10-19-22-24/h1-3,6-7,10,12H,4-5,8-9H2,(H,21,25)/t12-/m0/s1. The predicted octanol–water partition coefficient (Wildman–Crippen LogP) is 0.454. The molecule has 1 saturated heterocycles. The summed E-state index contributed by atoms with van der Waals surface area (Å²) in [5, 5.41) is 15.1. The van der Waals surface area contributed by atoms with Crippen molar-refractivity contribution in [1.82, 2.24) is 34.8 Å². The molecule has 1 fully saturated rings. The maximum absolute atomic E-state index is 13.2. The number of nitrogens with one attached hydrogen (secondary N) is 1. The van der Waals surface area contributed by atoms with E-state index in [0.29, 0.717) is 23.7 Å². The smallest absolute Gasteiger partial charge is 0.243 e. The molecule has 12 heteroatoms. The molecule has 1 aromatic carbocycles. The molecule has 1 N–H and O–H groups in total. The molecule has 1 aliphatic rings. The first-order valence-corrected chi connectivity index (χ1v) is 10.3. The van der Waals surface area contributed by atoms with Crippen LogP contribution >= 0.6 is 11.6 Å². The van der Waals surface area contributed by atoms with E-state index in [4.69, 9.17) is 11.6 Å². The zero-order valence-electron chi connectivity index (χ0n) is 14.6. The van der Waals surface area contributed by atoms with Gasteiger partial charge in [-0.25, -0.2) is 8.42 Å². The van der Waals surface area contributed by atoms with E-state index in [-0.39, 0.29) is 35.0 Å². The number of carbonyl (C=O) groups excluding carboxylic acids is 1. The van der Waals surface area contributed by atoms with Gasteiger partial charge in [-0.3, -0.25) is 9.78 Å². The number of amides is 1. The molecule has 10 nitrogen and oxygen atoms in total. The minimum atomic E-state index is -3.78. The fourth-order valence-electron chi connectivity index (χ4n) is 3.24. The third kappa shape index (κ3) is 3.55. The molecule has 0 radical (unpaired) electrons. The monoisotopic (exact) mass is 421 g/mol. The average Bonchev–Trinajstić information content (AvgIpc) is 3.34. The molecule has 2 aromatic heterocycles. The number of aromatic nitrogens is 5. The van der Waals surface area contributed by atoms with Crippen LogP contribution in [0.2, 0.25) is 5.02 Å². The number of hydrogen-bond donors (Lipinski definition) is 1. The van der Waals surface area contributed by atoms with Crippen LogP contribution in [0.4, 0.5) is 0 Å². The van der Waals surface area contributed by atoms with Gasteiger partial charge in [0.2, 0.25) is 15.9 Å². The molecule has 1 atom stereocenters. The lowest BCUT2D eigenvalue weighted by atomic mass is 10.2. The van der Waals surface area contributed by atoms with Crippen LogP contribution in [0, 0.1) is 0 Å². The van der Waals surface area contributed by atoms with Crippen molar-refractivity contribution in [2.75, 3.05) is 13.1 Å². The molecule has 0 saturated carbocycles. The van der Waals surface area contributed by atoms with E-state index >= 15 is 0 Å². The summed E-state index contributed by atoms with van der Waals surface area (Å²) in [7, 11) is -3.78. The quantitative estimate of drug-likeness (QED) is 0.634. The van der Waals surface area contributed by atoms with E-state index in [2.05, 4.69) is 25.7 Å². The minimum Gasteiger partial charge on any atom is -0.350 e. The molecule has 4 rings (SSSR count). The van der Waals surface area contributed by atoms with Crippen LogP contribution in [0.1, 0.15) is 6.42 Å². The van der Waals surface area contributed by atoms with Crippen LogP contribution in [-0.2, 0) is 21.4 Å². The lowest BCUT2D eigenvalue weighted by molar-refractivity contribution is -0.122. The van der Waals surface area contributed by atoms with Crippen molar-refractivity contribution in [3.63, 3.8) is 0 Å². The van der Waals surface area contributed by atoms with Crippen molar-refractivity contribution in [2.24, 2.45) is 0 Å². The molecule has 28 heavy (non-hydrogen) atoms. The summed E-state index contributed by atoms with van der Waals surface area (Å²) < 4.78 is 27.7. The van der Waals surface area contributed by atoms with Gasteiger partial charge in [-0.05, 0) is 17.7 Å². The van der Waals surface area contributed by atoms with E-state index in [1.807, 2.05) is 0 Å². The van der Waals surface area contributed by atoms with Crippen molar-refractivity contribution >= 4 is 38.3 Å².